The van der Waals surface area contributed by atoms with E-state index in [2.05, 4.69) is 0 Å². The number of fused-ring (bicyclic) bond motifs is 1. The second-order valence-corrected chi connectivity index (χ2v) is 9.33. The van der Waals surface area contributed by atoms with Crippen molar-refractivity contribution in [3.05, 3.63) is 82.4 Å². The molecule has 1 saturated heterocycles. The average molecular weight is 585 g/mol. The van der Waals surface area contributed by atoms with Gasteiger partial charge in [-0.15, -0.1) is 0 Å². The van der Waals surface area contributed by atoms with Crippen LogP contribution in [-0.4, -0.2) is 36.4 Å². The van der Waals surface area contributed by atoms with Gasteiger partial charge in [-0.3, -0.25) is 9.63 Å². The molecule has 4 rings (SSSR count). The zero-order valence-corrected chi connectivity index (χ0v) is 20.3. The molecular formula is C25H18ClF9N2O2. The summed E-state index contributed by atoms with van der Waals surface area (Å²) in [6, 6.07) is 11.1. The van der Waals surface area contributed by atoms with Crippen molar-refractivity contribution in [3.63, 3.8) is 0 Å². The summed E-state index contributed by atoms with van der Waals surface area (Å²) >= 11 is 5.78. The molecule has 0 aromatic heterocycles. The van der Waals surface area contributed by atoms with E-state index in [0.29, 0.717) is 28.0 Å². The topological polar surface area (TPSA) is 41.6 Å². The molecule has 0 spiro atoms. The van der Waals surface area contributed by atoms with Gasteiger partial charge in [-0.25, -0.2) is 0 Å². The number of hydrogen-bond acceptors (Lipinski definition) is 3. The van der Waals surface area contributed by atoms with Crippen molar-refractivity contribution in [1.29, 1.82) is 0 Å². The first-order valence-corrected chi connectivity index (χ1v) is 11.6. The molecule has 210 valence electrons. The van der Waals surface area contributed by atoms with Gasteiger partial charge in [0.05, 0.1) is 11.6 Å². The molecule has 2 atom stereocenters. The van der Waals surface area contributed by atoms with E-state index in [1.165, 1.54) is 12.1 Å². The molecule has 0 aliphatic carbocycles. The largest absolute Gasteiger partial charge is 0.423 e. The van der Waals surface area contributed by atoms with Crippen LogP contribution < -0.4 is 5.32 Å². The highest BCUT2D eigenvalue weighted by Crippen LogP contribution is 2.56. The summed E-state index contributed by atoms with van der Waals surface area (Å²) in [7, 11) is 0. The van der Waals surface area contributed by atoms with Crippen molar-refractivity contribution in [2.75, 3.05) is 13.1 Å². The summed E-state index contributed by atoms with van der Waals surface area (Å²) in [5.41, 5.74) is -5.62. The Morgan fingerprint density at radius 1 is 0.974 bits per heavy atom. The predicted octanol–water partition coefficient (Wildman–Crippen LogP) is 7.33. The Kier molecular flexibility index (Phi) is 7.56. The second kappa shape index (κ2) is 10.2. The van der Waals surface area contributed by atoms with Crippen molar-refractivity contribution >= 4 is 28.3 Å². The Bertz CT molecular complexity index is 1370. The molecule has 3 aromatic rings. The zero-order valence-electron chi connectivity index (χ0n) is 19.5. The van der Waals surface area contributed by atoms with Gasteiger partial charge in [-0.05, 0) is 40.1 Å². The molecule has 39 heavy (non-hydrogen) atoms. The van der Waals surface area contributed by atoms with Gasteiger partial charge in [0.25, 0.3) is 0 Å². The number of hydrogen-bond donors (Lipinski definition) is 1. The van der Waals surface area contributed by atoms with Crippen molar-refractivity contribution in [2.45, 2.75) is 36.6 Å². The number of benzene rings is 3. The van der Waals surface area contributed by atoms with Crippen LogP contribution >= 0.6 is 11.6 Å². The van der Waals surface area contributed by atoms with Crippen molar-refractivity contribution in [1.82, 2.24) is 10.4 Å². The van der Waals surface area contributed by atoms with Crippen LogP contribution in [0, 0.1) is 0 Å². The number of carbonyl (C=O) groups is 1. The summed E-state index contributed by atoms with van der Waals surface area (Å²) < 4.78 is 122. The minimum Gasteiger partial charge on any atom is -0.346 e. The summed E-state index contributed by atoms with van der Waals surface area (Å²) in [5.74, 6) is -1.31. The standard InChI is InChI=1S/C25H18ClF9N2O2/c26-17-9-15(8-16(10-17)24(30,31)32)22(25(33,34)35)11-20(19-7-3-5-14-4-1-2-6-18(14)19)37(39-22)12-21(38)36-13-23(27,28)29/h1-10,20H,11-13H2,(H,36,38). The van der Waals surface area contributed by atoms with Crippen LogP contribution in [0.1, 0.15) is 29.2 Å². The molecular weight excluding hydrogens is 567 g/mol. The Morgan fingerprint density at radius 2 is 1.64 bits per heavy atom. The molecule has 0 bridgehead atoms. The number of alkyl halides is 9. The highest BCUT2D eigenvalue weighted by molar-refractivity contribution is 6.30. The number of nitrogens with zero attached hydrogens (tertiary/aromatic N) is 1. The van der Waals surface area contributed by atoms with E-state index in [1.807, 2.05) is 0 Å². The molecule has 0 radical (unpaired) electrons. The van der Waals surface area contributed by atoms with Gasteiger partial charge in [0.2, 0.25) is 11.5 Å². The summed E-state index contributed by atoms with van der Waals surface area (Å²) in [5, 5.41) is 2.53. The third kappa shape index (κ3) is 6.10. The first kappa shape index (κ1) is 29.0. The van der Waals surface area contributed by atoms with Gasteiger partial charge in [0, 0.05) is 11.4 Å². The Hall–Kier alpha value is -3.03. The molecule has 1 fully saturated rings. The second-order valence-electron chi connectivity index (χ2n) is 8.90. The van der Waals surface area contributed by atoms with Crippen molar-refractivity contribution in [3.8, 4) is 0 Å². The number of amides is 1. The molecule has 1 heterocycles. The number of nitrogens with one attached hydrogen (secondary N) is 1. The van der Waals surface area contributed by atoms with E-state index in [9.17, 15) is 44.3 Å². The van der Waals surface area contributed by atoms with Gasteiger partial charge >= 0.3 is 18.5 Å². The average Bonchev–Trinajstić information content (AvgIpc) is 3.21. The number of carbonyl (C=O) groups excluding carboxylic acids is 1. The Labute approximate surface area is 220 Å². The lowest BCUT2D eigenvalue weighted by Gasteiger charge is -2.32. The van der Waals surface area contributed by atoms with E-state index in [4.69, 9.17) is 16.4 Å². The lowest BCUT2D eigenvalue weighted by atomic mass is 9.84. The van der Waals surface area contributed by atoms with Crippen LogP contribution in [-0.2, 0) is 21.4 Å². The van der Waals surface area contributed by atoms with Gasteiger partial charge in [0.1, 0.15) is 13.1 Å². The molecule has 4 nitrogen and oxygen atoms in total. The fourth-order valence-corrected chi connectivity index (χ4v) is 4.74. The number of hydroxylamine groups is 2. The minimum atomic E-state index is -5.33. The fourth-order valence-electron chi connectivity index (χ4n) is 4.51. The van der Waals surface area contributed by atoms with Crippen LogP contribution in [0.5, 0.6) is 0 Å². The monoisotopic (exact) mass is 584 g/mol. The zero-order chi connectivity index (χ0) is 28.8. The van der Waals surface area contributed by atoms with Crippen LogP contribution in [0.3, 0.4) is 0 Å². The van der Waals surface area contributed by atoms with E-state index in [0.717, 1.165) is 0 Å². The maximum Gasteiger partial charge on any atom is 0.423 e. The maximum atomic E-state index is 14.8. The lowest BCUT2D eigenvalue weighted by molar-refractivity contribution is -0.326. The van der Waals surface area contributed by atoms with Crippen molar-refractivity contribution < 1.29 is 49.1 Å². The highest BCUT2D eigenvalue weighted by Gasteiger charge is 2.64. The molecule has 1 amide bonds. The van der Waals surface area contributed by atoms with Crippen LogP contribution in [0.2, 0.25) is 5.02 Å². The quantitative estimate of drug-likeness (QED) is 0.320. The number of rotatable bonds is 5. The van der Waals surface area contributed by atoms with Crippen LogP contribution in [0.15, 0.2) is 60.7 Å². The first-order chi connectivity index (χ1) is 18.0. The smallest absolute Gasteiger partial charge is 0.346 e. The van der Waals surface area contributed by atoms with Gasteiger partial charge in [0.15, 0.2) is 0 Å². The Balaban J connectivity index is 1.85. The molecule has 14 heteroatoms. The molecule has 3 aromatic carbocycles. The third-order valence-electron chi connectivity index (χ3n) is 6.22. The normalized spacial score (nSPS) is 20.9. The molecule has 1 aliphatic heterocycles. The van der Waals surface area contributed by atoms with Gasteiger partial charge < -0.3 is 5.32 Å². The SMILES string of the molecule is O=C(CN1OC(c2cc(Cl)cc(C(F)(F)F)c2)(C(F)(F)F)CC1c1cccc2ccccc12)NCC(F)(F)F. The van der Waals surface area contributed by atoms with Crippen molar-refractivity contribution in [2.24, 2.45) is 0 Å². The highest BCUT2D eigenvalue weighted by atomic mass is 35.5. The van der Waals surface area contributed by atoms with E-state index < -0.39 is 71.7 Å². The van der Waals surface area contributed by atoms with Gasteiger partial charge in [-0.2, -0.15) is 44.6 Å². The lowest BCUT2D eigenvalue weighted by Crippen LogP contribution is -2.45. The van der Waals surface area contributed by atoms with Crippen LogP contribution in [0.4, 0.5) is 39.5 Å². The molecule has 0 saturated carbocycles. The predicted molar refractivity (Wildman–Crippen MR) is 122 cm³/mol. The summed E-state index contributed by atoms with van der Waals surface area (Å²) in [6.07, 6.45) is -16.2. The Morgan fingerprint density at radius 3 is 2.28 bits per heavy atom. The number of halogens is 10. The summed E-state index contributed by atoms with van der Waals surface area (Å²) in [6.45, 7) is -2.82. The fraction of sp³-hybridized carbons (Fsp3) is 0.320. The third-order valence-corrected chi connectivity index (χ3v) is 6.44. The summed E-state index contributed by atoms with van der Waals surface area (Å²) in [4.78, 5) is 17.6. The maximum absolute atomic E-state index is 14.8. The molecule has 2 unspecified atom stereocenters. The molecule has 1 N–H and O–H groups in total. The van der Waals surface area contributed by atoms with E-state index in [1.54, 1.807) is 35.6 Å². The van der Waals surface area contributed by atoms with E-state index >= 15 is 0 Å². The van der Waals surface area contributed by atoms with Crippen LogP contribution in [0.25, 0.3) is 10.8 Å². The van der Waals surface area contributed by atoms with E-state index in [-0.39, 0.29) is 11.6 Å². The molecule has 1 aliphatic rings. The minimum absolute atomic E-state index is 0.223. The van der Waals surface area contributed by atoms with Gasteiger partial charge in [-0.1, -0.05) is 54.1 Å². The first-order valence-electron chi connectivity index (χ1n) is 11.2.